The number of aromatic nitrogens is 4. The Kier molecular flexibility index (Phi) is 3.64. The normalized spacial score (nSPS) is 10.8. The Labute approximate surface area is 123 Å². The third-order valence-electron chi connectivity index (χ3n) is 3.10. The molecule has 106 valence electrons. The van der Waals surface area contributed by atoms with Crippen LogP contribution in [0.1, 0.15) is 13.8 Å². The number of rotatable bonds is 4. The third-order valence-corrected chi connectivity index (χ3v) is 3.10. The molecule has 0 saturated heterocycles. The maximum Gasteiger partial charge on any atom is 0.130 e. The van der Waals surface area contributed by atoms with Gasteiger partial charge in [-0.3, -0.25) is 5.10 Å². The van der Waals surface area contributed by atoms with Crippen molar-refractivity contribution in [2.24, 2.45) is 0 Å². The fourth-order valence-electron chi connectivity index (χ4n) is 2.13. The molecule has 0 aliphatic rings. The van der Waals surface area contributed by atoms with Gasteiger partial charge in [0.25, 0.3) is 0 Å². The molecule has 0 aliphatic heterocycles. The van der Waals surface area contributed by atoms with Crippen molar-refractivity contribution in [1.82, 2.24) is 20.2 Å². The van der Waals surface area contributed by atoms with E-state index in [0.29, 0.717) is 6.04 Å². The van der Waals surface area contributed by atoms with Gasteiger partial charge in [0, 0.05) is 23.9 Å². The van der Waals surface area contributed by atoms with Crippen LogP contribution in [0.3, 0.4) is 0 Å². The standard InChI is InChI=1S/C16H17N5/c1-11(2)20-16-9-15(17-10-18-16)13-5-3-12(4-6-13)14-7-8-19-21-14/h3-11H,1-2H3,(H,19,21)(H,17,18,20). The van der Waals surface area contributed by atoms with Crippen LogP contribution in [0.5, 0.6) is 0 Å². The van der Waals surface area contributed by atoms with Gasteiger partial charge >= 0.3 is 0 Å². The first-order valence-electron chi connectivity index (χ1n) is 6.91. The largest absolute Gasteiger partial charge is 0.368 e. The minimum absolute atomic E-state index is 0.343. The first-order valence-corrected chi connectivity index (χ1v) is 6.91. The molecule has 5 nitrogen and oxygen atoms in total. The molecule has 0 unspecified atom stereocenters. The molecule has 3 rings (SSSR count). The van der Waals surface area contributed by atoms with E-state index >= 15 is 0 Å². The van der Waals surface area contributed by atoms with Crippen LogP contribution in [0, 0.1) is 0 Å². The Bertz CT molecular complexity index is 702. The number of H-pyrrole nitrogens is 1. The molecule has 2 N–H and O–H groups in total. The molecule has 1 aromatic carbocycles. The first-order chi connectivity index (χ1) is 10.2. The van der Waals surface area contributed by atoms with Gasteiger partial charge in [-0.05, 0) is 25.5 Å². The highest BCUT2D eigenvalue weighted by atomic mass is 15.1. The lowest BCUT2D eigenvalue weighted by atomic mass is 10.1. The summed E-state index contributed by atoms with van der Waals surface area (Å²) in [6.07, 6.45) is 3.33. The molecule has 0 radical (unpaired) electrons. The molecule has 21 heavy (non-hydrogen) atoms. The fourth-order valence-corrected chi connectivity index (χ4v) is 2.13. The summed E-state index contributed by atoms with van der Waals surface area (Å²) in [6.45, 7) is 4.17. The van der Waals surface area contributed by atoms with Crippen molar-refractivity contribution in [3.63, 3.8) is 0 Å². The van der Waals surface area contributed by atoms with Crippen molar-refractivity contribution in [1.29, 1.82) is 0 Å². The second kappa shape index (κ2) is 5.75. The van der Waals surface area contributed by atoms with E-state index in [4.69, 9.17) is 0 Å². The van der Waals surface area contributed by atoms with Gasteiger partial charge in [-0.25, -0.2) is 9.97 Å². The minimum Gasteiger partial charge on any atom is -0.368 e. The van der Waals surface area contributed by atoms with Crippen molar-refractivity contribution in [3.05, 3.63) is 48.9 Å². The van der Waals surface area contributed by atoms with Crippen LogP contribution in [0.4, 0.5) is 5.82 Å². The van der Waals surface area contributed by atoms with E-state index in [1.165, 1.54) is 0 Å². The number of aromatic amines is 1. The monoisotopic (exact) mass is 279 g/mol. The number of anilines is 1. The van der Waals surface area contributed by atoms with Gasteiger partial charge in [-0.1, -0.05) is 24.3 Å². The predicted molar refractivity (Wildman–Crippen MR) is 83.8 cm³/mol. The number of hydrogen-bond donors (Lipinski definition) is 2. The average molecular weight is 279 g/mol. The van der Waals surface area contributed by atoms with Crippen LogP contribution in [0.2, 0.25) is 0 Å². The van der Waals surface area contributed by atoms with Gasteiger partial charge in [0.1, 0.15) is 12.1 Å². The van der Waals surface area contributed by atoms with Crippen molar-refractivity contribution in [3.8, 4) is 22.5 Å². The molecule has 0 saturated carbocycles. The Morgan fingerprint density at radius 3 is 2.43 bits per heavy atom. The van der Waals surface area contributed by atoms with E-state index in [-0.39, 0.29) is 0 Å². The summed E-state index contributed by atoms with van der Waals surface area (Å²) in [7, 11) is 0. The van der Waals surface area contributed by atoms with Crippen molar-refractivity contribution < 1.29 is 0 Å². The fraction of sp³-hybridized carbons (Fsp3) is 0.188. The van der Waals surface area contributed by atoms with Crippen LogP contribution in [-0.4, -0.2) is 26.2 Å². The highest BCUT2D eigenvalue weighted by molar-refractivity contribution is 5.67. The van der Waals surface area contributed by atoms with Gasteiger partial charge in [-0.15, -0.1) is 0 Å². The molecule has 0 amide bonds. The zero-order valence-corrected chi connectivity index (χ0v) is 12.0. The smallest absolute Gasteiger partial charge is 0.130 e. The number of nitrogens with one attached hydrogen (secondary N) is 2. The minimum atomic E-state index is 0.343. The topological polar surface area (TPSA) is 66.5 Å². The van der Waals surface area contributed by atoms with E-state index < -0.39 is 0 Å². The lowest BCUT2D eigenvalue weighted by Crippen LogP contribution is -2.11. The molecular formula is C16H17N5. The zero-order chi connectivity index (χ0) is 14.7. The zero-order valence-electron chi connectivity index (χ0n) is 12.0. The molecule has 2 aromatic heterocycles. The summed E-state index contributed by atoms with van der Waals surface area (Å²) >= 11 is 0. The summed E-state index contributed by atoms with van der Waals surface area (Å²) in [5.74, 6) is 0.840. The summed E-state index contributed by atoms with van der Waals surface area (Å²) in [6, 6.07) is 12.5. The van der Waals surface area contributed by atoms with Gasteiger partial charge in [0.05, 0.1) is 11.4 Å². The van der Waals surface area contributed by atoms with Crippen molar-refractivity contribution in [2.45, 2.75) is 19.9 Å². The van der Waals surface area contributed by atoms with Gasteiger partial charge < -0.3 is 5.32 Å². The first kappa shape index (κ1) is 13.3. The van der Waals surface area contributed by atoms with Crippen LogP contribution in [-0.2, 0) is 0 Å². The number of nitrogens with zero attached hydrogens (tertiary/aromatic N) is 3. The second-order valence-electron chi connectivity index (χ2n) is 5.14. The molecule has 0 spiro atoms. The molecule has 2 heterocycles. The molecule has 0 bridgehead atoms. The van der Waals surface area contributed by atoms with E-state index in [0.717, 1.165) is 28.3 Å². The van der Waals surface area contributed by atoms with Crippen LogP contribution < -0.4 is 5.32 Å². The Hall–Kier alpha value is -2.69. The van der Waals surface area contributed by atoms with Gasteiger partial charge in [0.2, 0.25) is 0 Å². The number of hydrogen-bond acceptors (Lipinski definition) is 4. The summed E-state index contributed by atoms with van der Waals surface area (Å²) in [4.78, 5) is 8.57. The maximum atomic E-state index is 4.34. The number of benzene rings is 1. The Balaban J connectivity index is 1.87. The molecule has 0 atom stereocenters. The van der Waals surface area contributed by atoms with E-state index in [1.54, 1.807) is 12.5 Å². The second-order valence-corrected chi connectivity index (χ2v) is 5.14. The average Bonchev–Trinajstić information content (AvgIpc) is 3.01. The third kappa shape index (κ3) is 3.08. The predicted octanol–water partition coefficient (Wildman–Crippen LogP) is 3.35. The molecule has 5 heteroatoms. The molecule has 3 aromatic rings. The molecule has 0 fully saturated rings. The van der Waals surface area contributed by atoms with Crippen molar-refractivity contribution in [2.75, 3.05) is 5.32 Å². The van der Waals surface area contributed by atoms with Crippen LogP contribution in [0.25, 0.3) is 22.5 Å². The van der Waals surface area contributed by atoms with Crippen LogP contribution >= 0.6 is 0 Å². The summed E-state index contributed by atoms with van der Waals surface area (Å²) in [5, 5.41) is 10.2. The lowest BCUT2D eigenvalue weighted by molar-refractivity contribution is 0.886. The van der Waals surface area contributed by atoms with Crippen LogP contribution in [0.15, 0.2) is 48.9 Å². The van der Waals surface area contributed by atoms with Gasteiger partial charge in [0.15, 0.2) is 0 Å². The van der Waals surface area contributed by atoms with Crippen molar-refractivity contribution >= 4 is 5.82 Å². The lowest BCUT2D eigenvalue weighted by Gasteiger charge is -2.09. The Morgan fingerprint density at radius 2 is 1.76 bits per heavy atom. The van der Waals surface area contributed by atoms with E-state index in [1.807, 2.05) is 12.1 Å². The Morgan fingerprint density at radius 1 is 1.00 bits per heavy atom. The highest BCUT2D eigenvalue weighted by Crippen LogP contribution is 2.23. The SMILES string of the molecule is CC(C)Nc1cc(-c2ccc(-c3ccn[nH]3)cc2)ncn1. The summed E-state index contributed by atoms with van der Waals surface area (Å²) in [5.41, 5.74) is 4.08. The molecule has 0 aliphatic carbocycles. The maximum absolute atomic E-state index is 4.34. The quantitative estimate of drug-likeness (QED) is 0.768. The van der Waals surface area contributed by atoms with E-state index in [9.17, 15) is 0 Å². The highest BCUT2D eigenvalue weighted by Gasteiger charge is 2.04. The van der Waals surface area contributed by atoms with Gasteiger partial charge in [-0.2, -0.15) is 5.10 Å². The summed E-state index contributed by atoms with van der Waals surface area (Å²) < 4.78 is 0. The van der Waals surface area contributed by atoms with E-state index in [2.05, 4.69) is 63.6 Å². The molecular weight excluding hydrogens is 262 g/mol.